The van der Waals surface area contributed by atoms with Gasteiger partial charge in [-0.3, -0.25) is 9.59 Å². The molecule has 0 spiro atoms. The smallest absolute Gasteiger partial charge is 0.258 e. The highest BCUT2D eigenvalue weighted by atomic mass is 32.2. The Balaban J connectivity index is 1.70. The summed E-state index contributed by atoms with van der Waals surface area (Å²) in [6, 6.07) is 12.7. The number of H-pyrrole nitrogens is 1. The fourth-order valence-corrected chi connectivity index (χ4v) is 5.08. The number of nitrogens with one attached hydrogen (secondary N) is 1. The van der Waals surface area contributed by atoms with Crippen LogP contribution in [-0.4, -0.2) is 47.7 Å². The summed E-state index contributed by atoms with van der Waals surface area (Å²) in [4.78, 5) is 31.2. The molecule has 4 rings (SSSR count). The van der Waals surface area contributed by atoms with E-state index in [1.165, 1.54) is 35.5 Å². The number of aromatic amines is 1. The summed E-state index contributed by atoms with van der Waals surface area (Å²) < 4.78 is 33.8. The number of benzene rings is 2. The first-order valence-electron chi connectivity index (χ1n) is 10.1. The SMILES string of the molecule is CC(=O)c1ccc(S(=O)(=O)N(Cc2nc3ccccc3c(=O)[nH]2)CC2CCCO2)cc1. The van der Waals surface area contributed by atoms with Crippen molar-refractivity contribution >= 4 is 26.7 Å². The van der Waals surface area contributed by atoms with Crippen LogP contribution in [0, 0.1) is 0 Å². The molecule has 2 heterocycles. The molecule has 0 radical (unpaired) electrons. The highest BCUT2D eigenvalue weighted by Crippen LogP contribution is 2.22. The molecule has 1 N–H and O–H groups in total. The minimum Gasteiger partial charge on any atom is -0.377 e. The lowest BCUT2D eigenvalue weighted by Gasteiger charge is -2.24. The molecular formula is C22H23N3O5S. The van der Waals surface area contributed by atoms with Crippen LogP contribution in [-0.2, 0) is 21.3 Å². The van der Waals surface area contributed by atoms with E-state index in [2.05, 4.69) is 9.97 Å². The second kappa shape index (κ2) is 8.70. The number of para-hydroxylation sites is 1. The minimum atomic E-state index is -3.92. The van der Waals surface area contributed by atoms with E-state index in [4.69, 9.17) is 4.74 Å². The third-order valence-electron chi connectivity index (χ3n) is 5.32. The predicted molar refractivity (Wildman–Crippen MR) is 115 cm³/mol. The Morgan fingerprint density at radius 2 is 1.94 bits per heavy atom. The third-order valence-corrected chi connectivity index (χ3v) is 7.14. The second-order valence-corrected chi connectivity index (χ2v) is 9.48. The molecule has 31 heavy (non-hydrogen) atoms. The van der Waals surface area contributed by atoms with E-state index < -0.39 is 10.0 Å². The van der Waals surface area contributed by atoms with E-state index in [0.29, 0.717) is 23.1 Å². The van der Waals surface area contributed by atoms with Crippen molar-refractivity contribution in [3.63, 3.8) is 0 Å². The van der Waals surface area contributed by atoms with Crippen LogP contribution in [0.15, 0.2) is 58.2 Å². The Morgan fingerprint density at radius 3 is 2.61 bits per heavy atom. The molecule has 3 aromatic rings. The van der Waals surface area contributed by atoms with Gasteiger partial charge in [0.05, 0.1) is 28.4 Å². The van der Waals surface area contributed by atoms with Gasteiger partial charge in [0.15, 0.2) is 5.78 Å². The van der Waals surface area contributed by atoms with Crippen LogP contribution in [0.1, 0.15) is 35.9 Å². The molecule has 0 aliphatic carbocycles. The maximum atomic E-state index is 13.4. The Hall–Kier alpha value is -2.88. The van der Waals surface area contributed by atoms with Gasteiger partial charge in [-0.15, -0.1) is 0 Å². The van der Waals surface area contributed by atoms with E-state index in [1.54, 1.807) is 24.3 Å². The molecule has 1 aliphatic rings. The fourth-order valence-electron chi connectivity index (χ4n) is 3.65. The first-order valence-corrected chi connectivity index (χ1v) is 11.5. The summed E-state index contributed by atoms with van der Waals surface area (Å²) in [5, 5.41) is 0.444. The third kappa shape index (κ3) is 4.58. The number of hydrogen-bond acceptors (Lipinski definition) is 6. The molecule has 1 aliphatic heterocycles. The van der Waals surface area contributed by atoms with Crippen LogP contribution in [0.2, 0.25) is 0 Å². The van der Waals surface area contributed by atoms with Crippen LogP contribution in [0.4, 0.5) is 0 Å². The molecule has 0 amide bonds. The predicted octanol–water partition coefficient (Wildman–Crippen LogP) is 2.50. The van der Waals surface area contributed by atoms with Gasteiger partial charge in [0.2, 0.25) is 10.0 Å². The summed E-state index contributed by atoms with van der Waals surface area (Å²) in [5.74, 6) is 0.115. The molecule has 9 heteroatoms. The quantitative estimate of drug-likeness (QED) is 0.564. The van der Waals surface area contributed by atoms with Gasteiger partial charge < -0.3 is 9.72 Å². The zero-order valence-electron chi connectivity index (χ0n) is 17.1. The second-order valence-electron chi connectivity index (χ2n) is 7.54. The van der Waals surface area contributed by atoms with Crippen molar-refractivity contribution < 1.29 is 17.9 Å². The number of ketones is 1. The Bertz CT molecular complexity index is 1260. The van der Waals surface area contributed by atoms with Gasteiger partial charge in [-0.25, -0.2) is 13.4 Å². The number of carbonyl (C=O) groups is 1. The zero-order chi connectivity index (χ0) is 22.0. The van der Waals surface area contributed by atoms with E-state index in [-0.39, 0.29) is 41.3 Å². The molecule has 1 unspecified atom stereocenters. The largest absolute Gasteiger partial charge is 0.377 e. The fraction of sp³-hybridized carbons (Fsp3) is 0.318. The summed E-state index contributed by atoms with van der Waals surface area (Å²) in [5.41, 5.74) is 0.618. The number of sulfonamides is 1. The van der Waals surface area contributed by atoms with Crippen molar-refractivity contribution in [1.82, 2.24) is 14.3 Å². The Kier molecular flexibility index (Phi) is 5.99. The molecule has 0 saturated carbocycles. The van der Waals surface area contributed by atoms with Crippen LogP contribution in [0.3, 0.4) is 0 Å². The van der Waals surface area contributed by atoms with Gasteiger partial charge in [-0.1, -0.05) is 24.3 Å². The summed E-state index contributed by atoms with van der Waals surface area (Å²) in [6.07, 6.45) is 1.41. The van der Waals surface area contributed by atoms with Crippen LogP contribution in [0.25, 0.3) is 10.9 Å². The van der Waals surface area contributed by atoms with Gasteiger partial charge in [0, 0.05) is 18.7 Å². The molecular weight excluding hydrogens is 418 g/mol. The zero-order valence-corrected chi connectivity index (χ0v) is 17.9. The standard InChI is InChI=1S/C22H23N3O5S/c1-15(26)16-8-10-18(11-9-16)31(28,29)25(13-17-5-4-12-30-17)14-21-23-20-7-3-2-6-19(20)22(27)24-21/h2-3,6-11,17H,4-5,12-14H2,1H3,(H,23,24,27). The van der Waals surface area contributed by atoms with Crippen molar-refractivity contribution in [2.45, 2.75) is 37.3 Å². The topological polar surface area (TPSA) is 109 Å². The minimum absolute atomic E-state index is 0.0682. The molecule has 162 valence electrons. The highest BCUT2D eigenvalue weighted by molar-refractivity contribution is 7.89. The van der Waals surface area contributed by atoms with Crippen molar-refractivity contribution in [1.29, 1.82) is 0 Å². The number of nitrogens with zero attached hydrogens (tertiary/aromatic N) is 2. The molecule has 1 aromatic heterocycles. The number of hydrogen-bond donors (Lipinski definition) is 1. The number of ether oxygens (including phenoxy) is 1. The summed E-state index contributed by atoms with van der Waals surface area (Å²) in [6.45, 7) is 2.07. The molecule has 1 saturated heterocycles. The number of carbonyl (C=O) groups excluding carboxylic acids is 1. The normalized spacial score (nSPS) is 16.8. The number of rotatable bonds is 7. The maximum Gasteiger partial charge on any atom is 0.258 e. The Labute approximate surface area is 179 Å². The van der Waals surface area contributed by atoms with E-state index in [9.17, 15) is 18.0 Å². The monoisotopic (exact) mass is 441 g/mol. The molecule has 1 fully saturated rings. The van der Waals surface area contributed by atoms with Crippen molar-refractivity contribution in [3.8, 4) is 0 Å². The van der Waals surface area contributed by atoms with Crippen LogP contribution < -0.4 is 5.56 Å². The Morgan fingerprint density at radius 1 is 1.19 bits per heavy atom. The van der Waals surface area contributed by atoms with Crippen LogP contribution in [0.5, 0.6) is 0 Å². The lowest BCUT2D eigenvalue weighted by molar-refractivity contribution is 0.0921. The van der Waals surface area contributed by atoms with Gasteiger partial charge in [0.1, 0.15) is 5.82 Å². The highest BCUT2D eigenvalue weighted by Gasteiger charge is 2.30. The van der Waals surface area contributed by atoms with Crippen molar-refractivity contribution in [2.75, 3.05) is 13.2 Å². The molecule has 0 bridgehead atoms. The summed E-state index contributed by atoms with van der Waals surface area (Å²) >= 11 is 0. The number of Topliss-reactive ketones (excluding diaryl/α,β-unsaturated/α-hetero) is 1. The van der Waals surface area contributed by atoms with Gasteiger partial charge in [-0.05, 0) is 44.0 Å². The molecule has 8 nitrogen and oxygen atoms in total. The van der Waals surface area contributed by atoms with Crippen molar-refractivity contribution in [3.05, 3.63) is 70.3 Å². The average molecular weight is 442 g/mol. The van der Waals surface area contributed by atoms with Crippen LogP contribution >= 0.6 is 0 Å². The van der Waals surface area contributed by atoms with Gasteiger partial charge in [0.25, 0.3) is 5.56 Å². The first-order chi connectivity index (χ1) is 14.8. The maximum absolute atomic E-state index is 13.4. The lowest BCUT2D eigenvalue weighted by atomic mass is 10.2. The number of aromatic nitrogens is 2. The average Bonchev–Trinajstić information content (AvgIpc) is 3.26. The summed E-state index contributed by atoms with van der Waals surface area (Å²) in [7, 11) is -3.92. The lowest BCUT2D eigenvalue weighted by Crippen LogP contribution is -2.37. The molecule has 1 atom stereocenters. The van der Waals surface area contributed by atoms with Gasteiger partial charge >= 0.3 is 0 Å². The van der Waals surface area contributed by atoms with Gasteiger partial charge in [-0.2, -0.15) is 4.31 Å². The number of fused-ring (bicyclic) bond motifs is 1. The van der Waals surface area contributed by atoms with Crippen molar-refractivity contribution in [2.24, 2.45) is 0 Å². The molecule has 2 aromatic carbocycles. The van der Waals surface area contributed by atoms with E-state index >= 15 is 0 Å². The van der Waals surface area contributed by atoms with E-state index in [1.807, 2.05) is 0 Å². The first kappa shape index (κ1) is 21.4. The van der Waals surface area contributed by atoms with E-state index in [0.717, 1.165) is 12.8 Å².